The Bertz CT molecular complexity index is 626. The third-order valence-electron chi connectivity index (χ3n) is 5.90. The van der Waals surface area contributed by atoms with Gasteiger partial charge in [0, 0.05) is 36.9 Å². The number of aliphatic hydroxyl groups excluding tert-OH is 1. The van der Waals surface area contributed by atoms with Crippen LogP contribution in [0.3, 0.4) is 0 Å². The summed E-state index contributed by atoms with van der Waals surface area (Å²) in [6, 6.07) is 4.23. The molecule has 0 spiro atoms. The van der Waals surface area contributed by atoms with Gasteiger partial charge in [0.2, 0.25) is 0 Å². The number of β-amino-alcohol motifs (C(OH)–C–C–N with tert-alkyl or cyclic N) is 1. The van der Waals surface area contributed by atoms with Crippen LogP contribution in [0, 0.1) is 0 Å². The molecule has 1 aliphatic carbocycles. The molecule has 26 heavy (non-hydrogen) atoms. The van der Waals surface area contributed by atoms with E-state index in [2.05, 4.69) is 20.1 Å². The first kappa shape index (κ1) is 17.7. The first-order valence-corrected chi connectivity index (χ1v) is 10.1. The number of amides is 1. The van der Waals surface area contributed by atoms with E-state index >= 15 is 0 Å². The highest BCUT2D eigenvalue weighted by Gasteiger charge is 2.33. The Hall–Kier alpha value is -1.66. The molecule has 0 unspecified atom stereocenters. The van der Waals surface area contributed by atoms with Gasteiger partial charge in [-0.1, -0.05) is 12.8 Å². The smallest absolute Gasteiger partial charge is 0.251 e. The maximum atomic E-state index is 12.3. The number of pyridine rings is 1. The highest BCUT2D eigenvalue weighted by molar-refractivity contribution is 5.95. The Balaban J connectivity index is 1.39. The van der Waals surface area contributed by atoms with Crippen molar-refractivity contribution in [3.8, 4) is 0 Å². The van der Waals surface area contributed by atoms with Crippen LogP contribution < -0.4 is 10.2 Å². The number of aliphatic hydroxyl groups is 1. The summed E-state index contributed by atoms with van der Waals surface area (Å²) < 4.78 is 0. The van der Waals surface area contributed by atoms with Crippen LogP contribution in [-0.2, 0) is 0 Å². The number of anilines is 1. The minimum Gasteiger partial charge on any atom is -0.390 e. The van der Waals surface area contributed by atoms with Crippen LogP contribution in [0.15, 0.2) is 18.3 Å². The van der Waals surface area contributed by atoms with Gasteiger partial charge in [-0.15, -0.1) is 0 Å². The van der Waals surface area contributed by atoms with Gasteiger partial charge in [-0.3, -0.25) is 9.69 Å². The zero-order valence-electron chi connectivity index (χ0n) is 15.4. The lowest BCUT2D eigenvalue weighted by Gasteiger charge is -2.42. The minimum atomic E-state index is -0.368. The van der Waals surface area contributed by atoms with E-state index in [1.54, 1.807) is 12.3 Å². The van der Waals surface area contributed by atoms with E-state index in [0.29, 0.717) is 18.2 Å². The van der Waals surface area contributed by atoms with E-state index in [0.717, 1.165) is 44.7 Å². The van der Waals surface area contributed by atoms with Crippen LogP contribution in [0.5, 0.6) is 0 Å². The molecule has 6 nitrogen and oxygen atoms in total. The lowest BCUT2D eigenvalue weighted by molar-refractivity contribution is 0.0383. The standard InChI is InChI=1S/C20H30N4O2/c25-18-14-24(12-8-17(18)23-10-3-1-2-4-11-23)19-13-15(7-9-21-19)20(26)22-16-5-6-16/h7,9,13,16-18,25H,1-6,8,10-12,14H2,(H,22,26)/t17-,18-/m1/s1. The van der Waals surface area contributed by atoms with E-state index in [9.17, 15) is 9.90 Å². The summed E-state index contributed by atoms with van der Waals surface area (Å²) in [5.41, 5.74) is 0.658. The molecule has 1 saturated carbocycles. The molecule has 2 aliphatic heterocycles. The molecule has 3 fully saturated rings. The lowest BCUT2D eigenvalue weighted by Crippen LogP contribution is -2.54. The Kier molecular flexibility index (Phi) is 5.41. The molecule has 2 atom stereocenters. The summed E-state index contributed by atoms with van der Waals surface area (Å²) in [7, 11) is 0. The molecule has 3 aliphatic rings. The van der Waals surface area contributed by atoms with Gasteiger partial charge in [-0.05, 0) is 57.3 Å². The topological polar surface area (TPSA) is 68.7 Å². The second-order valence-electron chi connectivity index (χ2n) is 7.97. The van der Waals surface area contributed by atoms with Gasteiger partial charge < -0.3 is 15.3 Å². The fourth-order valence-electron chi connectivity index (χ4n) is 4.21. The van der Waals surface area contributed by atoms with Gasteiger partial charge in [0.1, 0.15) is 5.82 Å². The number of likely N-dealkylation sites (tertiary alicyclic amines) is 1. The SMILES string of the molecule is O=C(NC1CC1)c1ccnc(N2CC[C@@H](N3CCCCCC3)[C@H](O)C2)c1. The van der Waals surface area contributed by atoms with Crippen LogP contribution in [-0.4, -0.2) is 65.3 Å². The maximum absolute atomic E-state index is 12.3. The first-order valence-electron chi connectivity index (χ1n) is 10.1. The average molecular weight is 358 g/mol. The van der Waals surface area contributed by atoms with E-state index in [1.807, 2.05) is 6.07 Å². The minimum absolute atomic E-state index is 0.0175. The molecule has 2 N–H and O–H groups in total. The summed E-state index contributed by atoms with van der Waals surface area (Å²) in [6.07, 6.45) is 9.55. The first-order chi connectivity index (χ1) is 12.7. The Morgan fingerprint density at radius 1 is 1.12 bits per heavy atom. The predicted molar refractivity (Wildman–Crippen MR) is 101 cm³/mol. The quantitative estimate of drug-likeness (QED) is 0.859. The van der Waals surface area contributed by atoms with Gasteiger partial charge in [-0.25, -0.2) is 4.98 Å². The molecule has 2 saturated heterocycles. The molecule has 3 heterocycles. The van der Waals surface area contributed by atoms with Crippen molar-refractivity contribution < 1.29 is 9.90 Å². The molecule has 1 amide bonds. The third-order valence-corrected chi connectivity index (χ3v) is 5.90. The molecule has 142 valence electrons. The summed E-state index contributed by atoms with van der Waals surface area (Å²) >= 11 is 0. The van der Waals surface area contributed by atoms with Gasteiger partial charge in [0.05, 0.1) is 6.10 Å². The monoisotopic (exact) mass is 358 g/mol. The molecule has 6 heteroatoms. The van der Waals surface area contributed by atoms with Gasteiger partial charge in [-0.2, -0.15) is 0 Å². The van der Waals surface area contributed by atoms with Gasteiger partial charge in [0.15, 0.2) is 0 Å². The van der Waals surface area contributed by atoms with Crippen LogP contribution in [0.4, 0.5) is 5.82 Å². The van der Waals surface area contributed by atoms with Crippen LogP contribution in [0.25, 0.3) is 0 Å². The molecular weight excluding hydrogens is 328 g/mol. The van der Waals surface area contributed by atoms with Crippen LogP contribution in [0.1, 0.15) is 55.3 Å². The van der Waals surface area contributed by atoms with Crippen molar-refractivity contribution in [3.05, 3.63) is 23.9 Å². The fraction of sp³-hybridized carbons (Fsp3) is 0.700. The van der Waals surface area contributed by atoms with Gasteiger partial charge >= 0.3 is 0 Å². The van der Waals surface area contributed by atoms with Crippen LogP contribution in [0.2, 0.25) is 0 Å². The number of nitrogens with zero attached hydrogens (tertiary/aromatic N) is 3. The number of carbonyl (C=O) groups is 1. The highest BCUT2D eigenvalue weighted by Crippen LogP contribution is 2.25. The predicted octanol–water partition coefficient (Wildman–Crippen LogP) is 1.79. The maximum Gasteiger partial charge on any atom is 0.251 e. The van der Waals surface area contributed by atoms with Crippen molar-refractivity contribution in [2.45, 2.75) is 63.1 Å². The van der Waals surface area contributed by atoms with Crippen molar-refractivity contribution >= 4 is 11.7 Å². The number of hydrogen-bond acceptors (Lipinski definition) is 5. The number of rotatable bonds is 4. The zero-order chi connectivity index (χ0) is 17.9. The van der Waals surface area contributed by atoms with E-state index < -0.39 is 0 Å². The van der Waals surface area contributed by atoms with Crippen molar-refractivity contribution in [3.63, 3.8) is 0 Å². The van der Waals surface area contributed by atoms with Crippen molar-refractivity contribution in [1.82, 2.24) is 15.2 Å². The molecule has 1 aromatic rings. The zero-order valence-corrected chi connectivity index (χ0v) is 15.4. The molecule has 0 radical (unpaired) electrons. The van der Waals surface area contributed by atoms with Gasteiger partial charge in [0.25, 0.3) is 5.91 Å². The second kappa shape index (κ2) is 7.92. The normalized spacial score (nSPS) is 27.8. The molecule has 4 rings (SSSR count). The molecular formula is C20H30N4O2. The summed E-state index contributed by atoms with van der Waals surface area (Å²) in [6.45, 7) is 3.67. The molecule has 0 bridgehead atoms. The summed E-state index contributed by atoms with van der Waals surface area (Å²) in [5, 5.41) is 13.8. The van der Waals surface area contributed by atoms with Crippen molar-refractivity contribution in [2.24, 2.45) is 0 Å². The molecule has 0 aromatic carbocycles. The summed E-state index contributed by atoms with van der Waals surface area (Å²) in [5.74, 6) is 0.776. The number of carbonyl (C=O) groups excluding carboxylic acids is 1. The van der Waals surface area contributed by atoms with Crippen molar-refractivity contribution in [2.75, 3.05) is 31.1 Å². The van der Waals surface area contributed by atoms with Crippen molar-refractivity contribution in [1.29, 1.82) is 0 Å². The second-order valence-corrected chi connectivity index (χ2v) is 7.97. The number of hydrogen-bond donors (Lipinski definition) is 2. The largest absolute Gasteiger partial charge is 0.390 e. The molecule has 1 aromatic heterocycles. The Morgan fingerprint density at radius 2 is 1.88 bits per heavy atom. The number of piperidine rings is 1. The van der Waals surface area contributed by atoms with Crippen LogP contribution >= 0.6 is 0 Å². The van der Waals surface area contributed by atoms with E-state index in [4.69, 9.17) is 0 Å². The Labute approximate surface area is 155 Å². The lowest BCUT2D eigenvalue weighted by atomic mass is 9.99. The average Bonchev–Trinajstić information content (AvgIpc) is 3.49. The van der Waals surface area contributed by atoms with E-state index in [-0.39, 0.29) is 18.1 Å². The number of aromatic nitrogens is 1. The summed E-state index contributed by atoms with van der Waals surface area (Å²) in [4.78, 5) is 21.3. The highest BCUT2D eigenvalue weighted by atomic mass is 16.3. The third kappa shape index (κ3) is 4.18. The number of nitrogens with one attached hydrogen (secondary N) is 1. The Morgan fingerprint density at radius 3 is 2.58 bits per heavy atom. The van der Waals surface area contributed by atoms with E-state index in [1.165, 1.54) is 25.7 Å². The fourth-order valence-corrected chi connectivity index (χ4v) is 4.21.